The molecule has 0 saturated carbocycles. The number of amides is 1. The third-order valence-electron chi connectivity index (χ3n) is 4.92. The number of benzene rings is 3. The van der Waals surface area contributed by atoms with Crippen LogP contribution in [0.3, 0.4) is 0 Å². The van der Waals surface area contributed by atoms with Crippen LogP contribution in [0.1, 0.15) is 20.8 Å². The van der Waals surface area contributed by atoms with E-state index in [1.54, 1.807) is 0 Å². The second-order valence-corrected chi connectivity index (χ2v) is 10.6. The van der Waals surface area contributed by atoms with Crippen molar-refractivity contribution in [3.63, 3.8) is 0 Å². The average molecular weight is 393 g/mol. The molecule has 3 rings (SSSR count). The van der Waals surface area contributed by atoms with Crippen molar-refractivity contribution in [1.82, 2.24) is 4.67 Å². The van der Waals surface area contributed by atoms with Crippen LogP contribution in [0.5, 0.6) is 0 Å². The van der Waals surface area contributed by atoms with Crippen LogP contribution in [0, 0.1) is 0 Å². The molecule has 0 bridgehead atoms. The zero-order valence-corrected chi connectivity index (χ0v) is 17.7. The van der Waals surface area contributed by atoms with Gasteiger partial charge in [-0.25, -0.2) is 0 Å². The van der Waals surface area contributed by atoms with Gasteiger partial charge in [0.15, 0.2) is 0 Å². The summed E-state index contributed by atoms with van der Waals surface area (Å²) in [7, 11) is -2.86. The Hall–Kier alpha value is -2.64. The summed E-state index contributed by atoms with van der Waals surface area (Å²) in [5.74, 6) is 0. The summed E-state index contributed by atoms with van der Waals surface area (Å²) in [5.41, 5.74) is 0. The molecule has 0 saturated heterocycles. The van der Waals surface area contributed by atoms with Crippen molar-refractivity contribution in [2.75, 3.05) is 6.61 Å². The second kappa shape index (κ2) is 9.03. The fourth-order valence-corrected chi connectivity index (χ4v) is 8.86. The topological polar surface area (TPSA) is 29.5 Å². The van der Waals surface area contributed by atoms with Gasteiger partial charge in [-0.3, -0.25) is 0 Å². The van der Waals surface area contributed by atoms with Crippen LogP contribution in [0.15, 0.2) is 91.0 Å². The first-order chi connectivity index (χ1) is 13.6. The summed E-state index contributed by atoms with van der Waals surface area (Å²) in [5, 5.41) is 3.48. The standard InChI is InChI=1S/C24H28NO2P/c1-4-27-24(26)25(20(2)3)28(21-14-8-5-9-15-21,22-16-10-6-11-17-22)23-18-12-7-13-19-23/h5-20,28H,4H2,1-3H3. The van der Waals surface area contributed by atoms with Crippen LogP contribution in [-0.2, 0) is 4.74 Å². The Balaban J connectivity index is 2.41. The van der Waals surface area contributed by atoms with E-state index >= 15 is 0 Å². The van der Waals surface area contributed by atoms with Crippen molar-refractivity contribution in [3.05, 3.63) is 91.0 Å². The molecule has 0 N–H and O–H groups in total. The van der Waals surface area contributed by atoms with E-state index in [2.05, 4.69) is 50.2 Å². The fraction of sp³-hybridized carbons (Fsp3) is 0.208. The molecule has 0 aliphatic carbocycles. The predicted molar refractivity (Wildman–Crippen MR) is 121 cm³/mol. The quantitative estimate of drug-likeness (QED) is 0.578. The Labute approximate surface area is 168 Å². The number of hydrogen-bond acceptors (Lipinski definition) is 2. The Morgan fingerprint density at radius 2 is 1.14 bits per heavy atom. The van der Waals surface area contributed by atoms with Crippen molar-refractivity contribution in [3.8, 4) is 0 Å². The molecular formula is C24H28NO2P. The maximum atomic E-state index is 13.3. The SMILES string of the molecule is CCOC(=O)N(C(C)C)[PH](c1ccccc1)(c1ccccc1)c1ccccc1. The van der Waals surface area contributed by atoms with Crippen LogP contribution in [0.25, 0.3) is 0 Å². The van der Waals surface area contributed by atoms with Crippen LogP contribution in [-0.4, -0.2) is 23.4 Å². The number of nitrogens with zero attached hydrogens (tertiary/aromatic N) is 1. The zero-order valence-electron chi connectivity index (χ0n) is 16.7. The molecule has 1 amide bonds. The van der Waals surface area contributed by atoms with Crippen molar-refractivity contribution in [1.29, 1.82) is 0 Å². The monoisotopic (exact) mass is 393 g/mol. The molecule has 4 heteroatoms. The molecule has 3 aromatic rings. The van der Waals surface area contributed by atoms with E-state index in [0.717, 1.165) is 15.9 Å². The average Bonchev–Trinajstić information content (AvgIpc) is 2.73. The molecule has 3 nitrogen and oxygen atoms in total. The molecule has 0 aliphatic rings. The number of carbonyl (C=O) groups excluding carboxylic acids is 1. The first-order valence-corrected chi connectivity index (χ1v) is 11.7. The minimum absolute atomic E-state index is 0.0219. The molecule has 0 heterocycles. The summed E-state index contributed by atoms with van der Waals surface area (Å²) in [4.78, 5) is 13.3. The van der Waals surface area contributed by atoms with Crippen LogP contribution >= 0.6 is 7.41 Å². The summed E-state index contributed by atoms with van der Waals surface area (Å²) in [6.45, 7) is 6.33. The molecule has 28 heavy (non-hydrogen) atoms. The first-order valence-electron chi connectivity index (χ1n) is 9.75. The van der Waals surface area contributed by atoms with Gasteiger partial charge in [0.05, 0.1) is 0 Å². The summed E-state index contributed by atoms with van der Waals surface area (Å²) in [6.07, 6.45) is -0.263. The normalized spacial score (nSPS) is 11.9. The number of rotatable bonds is 6. The van der Waals surface area contributed by atoms with Crippen molar-refractivity contribution >= 4 is 29.4 Å². The molecule has 0 unspecified atom stereocenters. The molecule has 3 aromatic carbocycles. The van der Waals surface area contributed by atoms with Gasteiger partial charge in [-0.1, -0.05) is 0 Å². The van der Waals surface area contributed by atoms with E-state index < -0.39 is 7.41 Å². The molecule has 0 radical (unpaired) electrons. The van der Waals surface area contributed by atoms with Gasteiger partial charge in [-0.05, 0) is 0 Å². The van der Waals surface area contributed by atoms with E-state index in [-0.39, 0.29) is 12.1 Å². The fourth-order valence-electron chi connectivity index (χ4n) is 3.88. The number of carbonyl (C=O) groups is 1. The van der Waals surface area contributed by atoms with E-state index in [9.17, 15) is 4.79 Å². The molecule has 0 spiro atoms. The predicted octanol–water partition coefficient (Wildman–Crippen LogP) is 4.49. The van der Waals surface area contributed by atoms with Gasteiger partial charge in [0.2, 0.25) is 0 Å². The molecule has 0 atom stereocenters. The van der Waals surface area contributed by atoms with Crippen LogP contribution < -0.4 is 15.9 Å². The molecule has 0 aromatic heterocycles. The molecule has 0 aliphatic heterocycles. The van der Waals surface area contributed by atoms with Gasteiger partial charge in [-0.15, -0.1) is 0 Å². The van der Waals surface area contributed by atoms with Gasteiger partial charge >= 0.3 is 168 Å². The third-order valence-corrected chi connectivity index (χ3v) is 9.85. The van der Waals surface area contributed by atoms with E-state index in [1.165, 1.54) is 0 Å². The Morgan fingerprint density at radius 1 is 0.786 bits per heavy atom. The van der Waals surface area contributed by atoms with Crippen molar-refractivity contribution in [2.24, 2.45) is 0 Å². The zero-order chi connectivity index (χ0) is 20.0. The number of hydrogen-bond donors (Lipinski definition) is 0. The van der Waals surface area contributed by atoms with E-state index in [4.69, 9.17) is 4.74 Å². The molecular weight excluding hydrogens is 365 g/mol. The molecule has 0 fully saturated rings. The third kappa shape index (κ3) is 3.68. The van der Waals surface area contributed by atoms with Crippen LogP contribution in [0.4, 0.5) is 4.79 Å². The minimum atomic E-state index is -2.86. The first kappa shape index (κ1) is 20.1. The Bertz CT molecular complexity index is 786. The van der Waals surface area contributed by atoms with Crippen molar-refractivity contribution in [2.45, 2.75) is 26.8 Å². The van der Waals surface area contributed by atoms with Crippen LogP contribution in [0.2, 0.25) is 0 Å². The Kier molecular flexibility index (Phi) is 6.49. The van der Waals surface area contributed by atoms with Gasteiger partial charge in [0.1, 0.15) is 0 Å². The summed E-state index contributed by atoms with van der Waals surface area (Å²) < 4.78 is 7.55. The van der Waals surface area contributed by atoms with Crippen molar-refractivity contribution < 1.29 is 9.53 Å². The maximum absolute atomic E-state index is 13.3. The molecule has 146 valence electrons. The summed E-state index contributed by atoms with van der Waals surface area (Å²) in [6, 6.07) is 31.2. The van der Waals surface area contributed by atoms with E-state index in [1.807, 2.05) is 66.2 Å². The van der Waals surface area contributed by atoms with Gasteiger partial charge in [0, 0.05) is 0 Å². The van der Waals surface area contributed by atoms with Gasteiger partial charge in [0.25, 0.3) is 0 Å². The van der Waals surface area contributed by atoms with Gasteiger partial charge < -0.3 is 0 Å². The van der Waals surface area contributed by atoms with Gasteiger partial charge in [-0.2, -0.15) is 0 Å². The summed E-state index contributed by atoms with van der Waals surface area (Å²) >= 11 is 0. The number of ether oxygens (including phenoxy) is 1. The van der Waals surface area contributed by atoms with E-state index in [0.29, 0.717) is 6.61 Å². The Morgan fingerprint density at radius 3 is 1.43 bits per heavy atom. The second-order valence-electron chi connectivity index (χ2n) is 6.97.